The van der Waals surface area contributed by atoms with Crippen molar-refractivity contribution in [2.24, 2.45) is 0 Å². The minimum absolute atomic E-state index is 0.257. The summed E-state index contributed by atoms with van der Waals surface area (Å²) in [6, 6.07) is 13.6. The van der Waals surface area contributed by atoms with Crippen LogP contribution in [0.2, 0.25) is 0 Å². The molecule has 2 aromatic heterocycles. The first-order valence-corrected chi connectivity index (χ1v) is 7.74. The fraction of sp³-hybridized carbons (Fsp3) is 0.176. The molecule has 0 aliphatic heterocycles. The predicted octanol–water partition coefficient (Wildman–Crippen LogP) is 3.85. The molecule has 0 spiro atoms. The minimum Gasteiger partial charge on any atom is -0.493 e. The van der Waals surface area contributed by atoms with Crippen LogP contribution in [0.3, 0.4) is 0 Å². The summed E-state index contributed by atoms with van der Waals surface area (Å²) in [7, 11) is 3.19. The van der Waals surface area contributed by atoms with Gasteiger partial charge in [-0.2, -0.15) is 5.26 Å². The molecule has 0 aliphatic rings. The molecule has 6 heteroatoms. The number of methoxy groups -OCH3 is 2. The number of hydrogen-bond donors (Lipinski definition) is 0. The van der Waals surface area contributed by atoms with E-state index in [0.29, 0.717) is 11.5 Å². The second-order valence-electron chi connectivity index (χ2n) is 4.85. The number of halogens is 1. The lowest BCUT2D eigenvalue weighted by Gasteiger charge is -2.09. The smallest absolute Gasteiger partial charge is 0.161 e. The zero-order chi connectivity index (χ0) is 16.4. The molecule has 0 saturated heterocycles. The van der Waals surface area contributed by atoms with Crippen molar-refractivity contribution >= 4 is 21.6 Å². The van der Waals surface area contributed by atoms with Crippen LogP contribution in [0.4, 0.5) is 0 Å². The predicted molar refractivity (Wildman–Crippen MR) is 90.7 cm³/mol. The number of benzene rings is 1. The number of pyridine rings is 1. The lowest BCUT2D eigenvalue weighted by atomic mass is 10.1. The average molecular weight is 372 g/mol. The van der Waals surface area contributed by atoms with E-state index in [9.17, 15) is 5.26 Å². The maximum Gasteiger partial charge on any atom is 0.161 e. The van der Waals surface area contributed by atoms with Gasteiger partial charge in [-0.25, -0.2) is 4.98 Å². The zero-order valence-electron chi connectivity index (χ0n) is 12.7. The van der Waals surface area contributed by atoms with E-state index in [4.69, 9.17) is 9.47 Å². The summed E-state index contributed by atoms with van der Waals surface area (Å²) in [5, 5.41) is 9.19. The van der Waals surface area contributed by atoms with Crippen LogP contribution >= 0.6 is 15.9 Å². The molecule has 0 aliphatic carbocycles. The van der Waals surface area contributed by atoms with E-state index in [2.05, 4.69) is 27.0 Å². The van der Waals surface area contributed by atoms with E-state index in [-0.39, 0.29) is 6.42 Å². The van der Waals surface area contributed by atoms with E-state index >= 15 is 0 Å². The van der Waals surface area contributed by atoms with Gasteiger partial charge in [-0.1, -0.05) is 6.07 Å². The van der Waals surface area contributed by atoms with Crippen LogP contribution in [0, 0.1) is 11.3 Å². The van der Waals surface area contributed by atoms with Crippen molar-refractivity contribution in [1.82, 2.24) is 9.38 Å². The zero-order valence-corrected chi connectivity index (χ0v) is 14.3. The van der Waals surface area contributed by atoms with Crippen LogP contribution in [0.25, 0.3) is 16.9 Å². The Hall–Kier alpha value is -2.52. The standard InChI is InChI=1S/C17H14BrN3O2/c1-22-13-7-6-11(10-14(13)23-2)17-12(8-9-19)21-15(18)4-3-5-16(21)20-17/h3-7,10H,8H2,1-2H3. The number of aromatic nitrogens is 2. The average Bonchev–Trinajstić information content (AvgIpc) is 2.94. The van der Waals surface area contributed by atoms with Gasteiger partial charge in [-0.15, -0.1) is 0 Å². The molecular weight excluding hydrogens is 358 g/mol. The van der Waals surface area contributed by atoms with E-state index in [1.165, 1.54) is 0 Å². The lowest BCUT2D eigenvalue weighted by Crippen LogP contribution is -1.96. The van der Waals surface area contributed by atoms with E-state index in [0.717, 1.165) is 27.2 Å². The van der Waals surface area contributed by atoms with E-state index in [1.807, 2.05) is 40.8 Å². The van der Waals surface area contributed by atoms with Crippen molar-refractivity contribution in [3.05, 3.63) is 46.7 Å². The van der Waals surface area contributed by atoms with Crippen LogP contribution in [0.1, 0.15) is 5.69 Å². The van der Waals surface area contributed by atoms with Gasteiger partial charge in [0.05, 0.1) is 42.7 Å². The molecule has 116 valence electrons. The van der Waals surface area contributed by atoms with Gasteiger partial charge in [0.25, 0.3) is 0 Å². The molecule has 23 heavy (non-hydrogen) atoms. The second kappa shape index (κ2) is 6.31. The third-order valence-corrected chi connectivity index (χ3v) is 4.21. The van der Waals surface area contributed by atoms with Gasteiger partial charge in [-0.3, -0.25) is 4.40 Å². The minimum atomic E-state index is 0.257. The van der Waals surface area contributed by atoms with Crippen LogP contribution in [-0.4, -0.2) is 23.6 Å². The van der Waals surface area contributed by atoms with Crippen molar-refractivity contribution in [3.63, 3.8) is 0 Å². The highest BCUT2D eigenvalue weighted by atomic mass is 79.9. The summed E-state index contributed by atoms with van der Waals surface area (Å²) in [6.07, 6.45) is 0.257. The molecule has 3 aromatic rings. The SMILES string of the molecule is COc1ccc(-c2nc3cccc(Br)n3c2CC#N)cc1OC. The summed E-state index contributed by atoms with van der Waals surface area (Å²) in [6.45, 7) is 0. The molecule has 0 unspecified atom stereocenters. The maximum absolute atomic E-state index is 9.19. The van der Waals surface area contributed by atoms with Crippen molar-refractivity contribution < 1.29 is 9.47 Å². The van der Waals surface area contributed by atoms with E-state index < -0.39 is 0 Å². The van der Waals surface area contributed by atoms with Crippen LogP contribution < -0.4 is 9.47 Å². The highest BCUT2D eigenvalue weighted by Gasteiger charge is 2.17. The first-order valence-electron chi connectivity index (χ1n) is 6.94. The van der Waals surface area contributed by atoms with Gasteiger partial charge in [0.15, 0.2) is 11.5 Å². The maximum atomic E-state index is 9.19. The molecule has 0 N–H and O–H groups in total. The van der Waals surface area contributed by atoms with Crippen LogP contribution in [0.15, 0.2) is 41.0 Å². The number of nitrogens with zero attached hydrogens (tertiary/aromatic N) is 3. The monoisotopic (exact) mass is 371 g/mol. The van der Waals surface area contributed by atoms with Crippen LogP contribution in [0.5, 0.6) is 11.5 Å². The molecule has 5 nitrogen and oxygen atoms in total. The van der Waals surface area contributed by atoms with Gasteiger partial charge < -0.3 is 9.47 Å². The van der Waals surface area contributed by atoms with Gasteiger partial charge in [0, 0.05) is 5.56 Å². The number of imidazole rings is 1. The number of nitriles is 1. The van der Waals surface area contributed by atoms with Crippen LogP contribution in [-0.2, 0) is 6.42 Å². The molecule has 3 rings (SSSR count). The number of ether oxygens (including phenoxy) is 2. The Morgan fingerprint density at radius 1 is 1.17 bits per heavy atom. The van der Waals surface area contributed by atoms with Crippen molar-refractivity contribution in [3.8, 4) is 28.8 Å². The Labute approximate surface area is 142 Å². The molecule has 0 atom stereocenters. The Morgan fingerprint density at radius 3 is 2.65 bits per heavy atom. The highest BCUT2D eigenvalue weighted by Crippen LogP contribution is 2.34. The summed E-state index contributed by atoms with van der Waals surface area (Å²) in [4.78, 5) is 4.68. The van der Waals surface area contributed by atoms with Crippen molar-refractivity contribution in [2.45, 2.75) is 6.42 Å². The summed E-state index contributed by atoms with van der Waals surface area (Å²) in [5.74, 6) is 1.28. The Balaban J connectivity index is 2.26. The highest BCUT2D eigenvalue weighted by molar-refractivity contribution is 9.10. The van der Waals surface area contributed by atoms with Gasteiger partial charge in [-0.05, 0) is 46.3 Å². The Bertz CT molecular complexity index is 912. The summed E-state index contributed by atoms with van der Waals surface area (Å²) >= 11 is 3.52. The van der Waals surface area contributed by atoms with Gasteiger partial charge >= 0.3 is 0 Å². The second-order valence-corrected chi connectivity index (χ2v) is 5.67. The molecule has 0 bridgehead atoms. The molecule has 1 aromatic carbocycles. The molecule has 0 radical (unpaired) electrons. The Kier molecular flexibility index (Phi) is 4.22. The fourth-order valence-electron chi connectivity index (χ4n) is 2.56. The largest absolute Gasteiger partial charge is 0.493 e. The summed E-state index contributed by atoms with van der Waals surface area (Å²) < 4.78 is 13.4. The number of hydrogen-bond acceptors (Lipinski definition) is 4. The molecule has 0 fully saturated rings. The van der Waals surface area contributed by atoms with E-state index in [1.54, 1.807) is 14.2 Å². The fourth-order valence-corrected chi connectivity index (χ4v) is 3.11. The third-order valence-electron chi connectivity index (χ3n) is 3.59. The molecule has 0 amide bonds. The third kappa shape index (κ3) is 2.64. The molecule has 2 heterocycles. The molecule has 0 saturated carbocycles. The Morgan fingerprint density at radius 2 is 1.96 bits per heavy atom. The quantitative estimate of drug-likeness (QED) is 0.653. The summed E-state index contributed by atoms with van der Waals surface area (Å²) in [5.41, 5.74) is 3.26. The first kappa shape index (κ1) is 15.4. The van der Waals surface area contributed by atoms with Crippen molar-refractivity contribution in [1.29, 1.82) is 5.26 Å². The normalized spacial score (nSPS) is 10.5. The van der Waals surface area contributed by atoms with Gasteiger partial charge in [0.2, 0.25) is 0 Å². The topological polar surface area (TPSA) is 59.5 Å². The molecular formula is C17H14BrN3O2. The number of rotatable bonds is 4. The first-order chi connectivity index (χ1) is 11.2. The van der Waals surface area contributed by atoms with Gasteiger partial charge in [0.1, 0.15) is 5.65 Å². The lowest BCUT2D eigenvalue weighted by molar-refractivity contribution is 0.355. The van der Waals surface area contributed by atoms with Crippen molar-refractivity contribution in [2.75, 3.05) is 14.2 Å². The number of fused-ring (bicyclic) bond motifs is 1.